The van der Waals surface area contributed by atoms with Crippen LogP contribution in [0.15, 0.2) is 24.3 Å². The summed E-state index contributed by atoms with van der Waals surface area (Å²) in [4.78, 5) is 17.0. The summed E-state index contributed by atoms with van der Waals surface area (Å²) in [7, 11) is -3.14. The Morgan fingerprint density at radius 3 is 2.60 bits per heavy atom. The summed E-state index contributed by atoms with van der Waals surface area (Å²) in [5, 5.41) is 9.26. The number of sulfone groups is 1. The molecular formula is C18H21N3O3S. The van der Waals surface area contributed by atoms with Crippen molar-refractivity contribution in [2.24, 2.45) is 5.92 Å². The fourth-order valence-electron chi connectivity index (χ4n) is 4.06. The molecule has 0 N–H and O–H groups in total. The van der Waals surface area contributed by atoms with Crippen molar-refractivity contribution < 1.29 is 13.2 Å². The maximum Gasteiger partial charge on any atom is 0.255 e. The molecule has 3 aliphatic rings. The molecule has 2 saturated heterocycles. The minimum absolute atomic E-state index is 0.0271. The molecule has 1 aromatic rings. The molecule has 1 aromatic carbocycles. The van der Waals surface area contributed by atoms with Gasteiger partial charge in [0.1, 0.15) is 0 Å². The number of hydrogen-bond donors (Lipinski definition) is 0. The van der Waals surface area contributed by atoms with Crippen molar-refractivity contribution in [3.05, 3.63) is 35.4 Å². The zero-order valence-corrected chi connectivity index (χ0v) is 14.8. The van der Waals surface area contributed by atoms with Crippen molar-refractivity contribution in [3.63, 3.8) is 0 Å². The minimum atomic E-state index is -3.14. The predicted octanol–water partition coefficient (Wildman–Crippen LogP) is 0.892. The molecule has 2 heterocycles. The van der Waals surface area contributed by atoms with Crippen molar-refractivity contribution in [3.8, 4) is 6.07 Å². The minimum Gasteiger partial charge on any atom is -0.332 e. The number of benzene rings is 1. The second-order valence-electron chi connectivity index (χ2n) is 7.31. The van der Waals surface area contributed by atoms with Crippen LogP contribution in [-0.4, -0.2) is 67.3 Å². The quantitative estimate of drug-likeness (QED) is 0.801. The van der Waals surface area contributed by atoms with Crippen LogP contribution in [0.25, 0.3) is 0 Å². The van der Waals surface area contributed by atoms with Crippen molar-refractivity contribution in [2.45, 2.75) is 24.9 Å². The lowest BCUT2D eigenvalue weighted by atomic mass is 10.0. The Bertz CT molecular complexity index is 841. The molecule has 0 aromatic heterocycles. The number of fused-ring (bicyclic) bond motifs is 1. The first kappa shape index (κ1) is 16.6. The van der Waals surface area contributed by atoms with Crippen molar-refractivity contribution in [1.29, 1.82) is 5.26 Å². The largest absolute Gasteiger partial charge is 0.332 e. The number of rotatable bonds is 3. The molecule has 7 heteroatoms. The van der Waals surface area contributed by atoms with Gasteiger partial charge in [-0.25, -0.2) is 8.42 Å². The lowest BCUT2D eigenvalue weighted by molar-refractivity contribution is 0.0318. The summed E-state index contributed by atoms with van der Waals surface area (Å²) < 4.78 is 24.5. The van der Waals surface area contributed by atoms with E-state index in [9.17, 15) is 18.5 Å². The van der Waals surface area contributed by atoms with Crippen molar-refractivity contribution in [2.75, 3.05) is 31.1 Å². The molecule has 0 radical (unpaired) electrons. The van der Waals surface area contributed by atoms with Gasteiger partial charge in [0, 0.05) is 25.7 Å². The van der Waals surface area contributed by atoms with E-state index in [1.54, 1.807) is 29.2 Å². The average molecular weight is 359 g/mol. The highest BCUT2D eigenvalue weighted by Gasteiger charge is 2.49. The fraction of sp³-hybridized carbons (Fsp3) is 0.556. The molecule has 2 atom stereocenters. The summed E-state index contributed by atoms with van der Waals surface area (Å²) in [6.45, 7) is 2.16. The Kier molecular flexibility index (Phi) is 4.05. The van der Waals surface area contributed by atoms with Crippen LogP contribution in [0.5, 0.6) is 0 Å². The summed E-state index contributed by atoms with van der Waals surface area (Å²) >= 11 is 0. The van der Waals surface area contributed by atoms with Gasteiger partial charge in [0.25, 0.3) is 5.91 Å². The van der Waals surface area contributed by atoms with Crippen LogP contribution in [-0.2, 0) is 9.84 Å². The summed E-state index contributed by atoms with van der Waals surface area (Å²) in [6, 6.07) is 8.37. The molecule has 0 spiro atoms. The van der Waals surface area contributed by atoms with Gasteiger partial charge >= 0.3 is 0 Å². The van der Waals surface area contributed by atoms with Crippen LogP contribution in [0.3, 0.4) is 0 Å². The molecule has 6 nitrogen and oxygen atoms in total. The van der Waals surface area contributed by atoms with Crippen molar-refractivity contribution in [1.82, 2.24) is 9.80 Å². The van der Waals surface area contributed by atoms with Gasteiger partial charge in [-0.3, -0.25) is 9.69 Å². The summed E-state index contributed by atoms with van der Waals surface area (Å²) in [6.07, 6.45) is 2.44. The van der Waals surface area contributed by atoms with Gasteiger partial charge in [-0.2, -0.15) is 5.26 Å². The van der Waals surface area contributed by atoms with E-state index in [1.165, 1.54) is 12.8 Å². The first-order valence-corrected chi connectivity index (χ1v) is 10.6. The number of carbonyl (C=O) groups is 1. The SMILES string of the molecule is N#Cc1ccccc1C(=O)N1CCN(CC2CC2)[C@@H]2CS(=O)(=O)C[C@@H]21. The average Bonchev–Trinajstić information content (AvgIpc) is 3.34. The zero-order chi connectivity index (χ0) is 17.6. The van der Waals surface area contributed by atoms with Gasteiger partial charge in [0.2, 0.25) is 0 Å². The van der Waals surface area contributed by atoms with Gasteiger partial charge in [-0.15, -0.1) is 0 Å². The standard InChI is InChI=1S/C18H21N3O3S/c19-9-14-3-1-2-4-15(14)18(22)21-8-7-20(10-13-5-6-13)16-11-25(23,24)12-17(16)21/h1-4,13,16-17H,5-8,10-12H2/t16-,17+/m1/s1. The van der Waals surface area contributed by atoms with Crippen LogP contribution in [0.2, 0.25) is 0 Å². The van der Waals surface area contributed by atoms with Crippen LogP contribution >= 0.6 is 0 Å². The number of nitriles is 1. The highest BCUT2D eigenvalue weighted by molar-refractivity contribution is 7.91. The van der Waals surface area contributed by atoms with Crippen LogP contribution < -0.4 is 0 Å². The zero-order valence-electron chi connectivity index (χ0n) is 14.0. The molecule has 0 unspecified atom stereocenters. The number of amides is 1. The van der Waals surface area contributed by atoms with Crippen molar-refractivity contribution >= 4 is 15.7 Å². The summed E-state index contributed by atoms with van der Waals surface area (Å²) in [5.74, 6) is 0.619. The molecule has 0 bridgehead atoms. The Balaban J connectivity index is 1.62. The van der Waals surface area contributed by atoms with E-state index < -0.39 is 9.84 Å². The Labute approximate surface area is 147 Å². The topological polar surface area (TPSA) is 81.5 Å². The predicted molar refractivity (Wildman–Crippen MR) is 92.7 cm³/mol. The van der Waals surface area contributed by atoms with E-state index in [-0.39, 0.29) is 29.5 Å². The van der Waals surface area contributed by atoms with Gasteiger partial charge in [0.05, 0.1) is 34.7 Å². The third-order valence-electron chi connectivity index (χ3n) is 5.52. The number of nitrogens with zero attached hydrogens (tertiary/aromatic N) is 3. The van der Waals surface area contributed by atoms with E-state index in [4.69, 9.17) is 0 Å². The lowest BCUT2D eigenvalue weighted by Crippen LogP contribution is -2.60. The van der Waals surface area contributed by atoms with Crippen LogP contribution in [0, 0.1) is 17.2 Å². The van der Waals surface area contributed by atoms with E-state index >= 15 is 0 Å². The molecule has 4 rings (SSSR count). The molecule has 1 aliphatic carbocycles. The maximum atomic E-state index is 13.0. The Hall–Kier alpha value is -1.91. The monoisotopic (exact) mass is 359 g/mol. The number of carbonyl (C=O) groups excluding carboxylic acids is 1. The van der Waals surface area contributed by atoms with Gasteiger partial charge in [0.15, 0.2) is 9.84 Å². The van der Waals surface area contributed by atoms with Gasteiger partial charge in [-0.1, -0.05) is 12.1 Å². The second-order valence-corrected chi connectivity index (χ2v) is 9.46. The normalized spacial score (nSPS) is 28.4. The molecule has 1 amide bonds. The molecule has 1 saturated carbocycles. The molecule has 2 aliphatic heterocycles. The smallest absolute Gasteiger partial charge is 0.255 e. The second kappa shape index (κ2) is 6.11. The molecular weight excluding hydrogens is 338 g/mol. The molecule has 132 valence electrons. The first-order valence-electron chi connectivity index (χ1n) is 8.73. The highest BCUT2D eigenvalue weighted by atomic mass is 32.2. The number of hydrogen-bond acceptors (Lipinski definition) is 5. The van der Waals surface area contributed by atoms with Crippen LogP contribution in [0.4, 0.5) is 0 Å². The fourth-order valence-corrected chi connectivity index (χ4v) is 6.07. The molecule has 25 heavy (non-hydrogen) atoms. The third-order valence-corrected chi connectivity index (χ3v) is 7.22. The Morgan fingerprint density at radius 1 is 1.16 bits per heavy atom. The van der Waals surface area contributed by atoms with E-state index in [0.29, 0.717) is 30.1 Å². The van der Waals surface area contributed by atoms with E-state index in [2.05, 4.69) is 11.0 Å². The first-order chi connectivity index (χ1) is 12.0. The molecule has 3 fully saturated rings. The number of piperazine rings is 1. The van der Waals surface area contributed by atoms with Crippen LogP contribution in [0.1, 0.15) is 28.8 Å². The van der Waals surface area contributed by atoms with Gasteiger partial charge < -0.3 is 4.90 Å². The van der Waals surface area contributed by atoms with Gasteiger partial charge in [-0.05, 0) is 30.9 Å². The van der Waals surface area contributed by atoms with E-state index in [0.717, 1.165) is 6.54 Å². The Morgan fingerprint density at radius 2 is 1.88 bits per heavy atom. The third kappa shape index (κ3) is 3.16. The summed E-state index contributed by atoms with van der Waals surface area (Å²) in [5.41, 5.74) is 0.703. The maximum absolute atomic E-state index is 13.0. The van der Waals surface area contributed by atoms with E-state index in [1.807, 2.05) is 0 Å². The highest BCUT2D eigenvalue weighted by Crippen LogP contribution is 2.34. The lowest BCUT2D eigenvalue weighted by Gasteiger charge is -2.44.